The molecule has 1 unspecified atom stereocenters. The Labute approximate surface area is 149 Å². The van der Waals surface area contributed by atoms with Crippen molar-refractivity contribution in [3.05, 3.63) is 59.7 Å². The molecule has 3 nitrogen and oxygen atoms in total. The third-order valence-electron chi connectivity index (χ3n) is 4.91. The minimum atomic E-state index is -0.427. The van der Waals surface area contributed by atoms with Crippen molar-refractivity contribution in [3.8, 4) is 16.9 Å². The first-order chi connectivity index (χ1) is 11.9. The van der Waals surface area contributed by atoms with Gasteiger partial charge in [-0.15, -0.1) is 0 Å². The predicted molar refractivity (Wildman–Crippen MR) is 104 cm³/mol. The fraction of sp³-hybridized carbons (Fsp3) is 0.273. The van der Waals surface area contributed by atoms with E-state index in [1.807, 2.05) is 18.2 Å². The van der Waals surface area contributed by atoms with Crippen LogP contribution in [0.25, 0.3) is 22.8 Å². The Bertz CT molecular complexity index is 908. The molecule has 25 heavy (non-hydrogen) atoms. The highest BCUT2D eigenvalue weighted by atomic mass is 16.7. The Hall–Kier alpha value is -2.52. The van der Waals surface area contributed by atoms with E-state index in [2.05, 4.69) is 56.9 Å². The van der Waals surface area contributed by atoms with Gasteiger partial charge in [-0.05, 0) is 49.6 Å². The van der Waals surface area contributed by atoms with E-state index in [-0.39, 0.29) is 5.54 Å². The number of methoxy groups -OCH3 is 1. The van der Waals surface area contributed by atoms with Crippen LogP contribution in [0.15, 0.2) is 43.0 Å². The van der Waals surface area contributed by atoms with E-state index in [1.165, 1.54) is 11.1 Å². The number of rotatable bonds is 2. The highest BCUT2D eigenvalue weighted by Crippen LogP contribution is 2.50. The molecule has 1 N–H and O–H groups in total. The molecule has 3 heteroatoms. The average molecular weight is 333 g/mol. The first-order valence-electron chi connectivity index (χ1n) is 8.55. The molecule has 2 aromatic rings. The summed E-state index contributed by atoms with van der Waals surface area (Å²) in [5, 5.41) is 3.61. The molecule has 0 radical (unpaired) electrons. The van der Waals surface area contributed by atoms with Crippen LogP contribution in [0, 0.1) is 0 Å². The number of fused-ring (bicyclic) bond motifs is 5. The second-order valence-corrected chi connectivity index (χ2v) is 7.23. The number of hydrogen-bond donors (Lipinski definition) is 1. The minimum absolute atomic E-state index is 0.0758. The van der Waals surface area contributed by atoms with Crippen LogP contribution in [-0.2, 0) is 4.74 Å². The molecule has 1 atom stereocenters. The van der Waals surface area contributed by atoms with Gasteiger partial charge in [0, 0.05) is 29.5 Å². The molecule has 4 rings (SSSR count). The van der Waals surface area contributed by atoms with E-state index in [0.29, 0.717) is 0 Å². The van der Waals surface area contributed by atoms with Gasteiger partial charge in [0.05, 0.1) is 5.54 Å². The Balaban J connectivity index is 2.04. The summed E-state index contributed by atoms with van der Waals surface area (Å²) in [7, 11) is 1.69. The van der Waals surface area contributed by atoms with Crippen LogP contribution >= 0.6 is 0 Å². The van der Waals surface area contributed by atoms with Crippen LogP contribution in [0.3, 0.4) is 0 Å². The van der Waals surface area contributed by atoms with Gasteiger partial charge in [0.15, 0.2) is 0 Å². The average Bonchev–Trinajstić information content (AvgIpc) is 2.58. The van der Waals surface area contributed by atoms with E-state index >= 15 is 0 Å². The Morgan fingerprint density at radius 1 is 1.20 bits per heavy atom. The van der Waals surface area contributed by atoms with Crippen molar-refractivity contribution >= 4 is 17.3 Å². The molecule has 0 fully saturated rings. The molecule has 2 aliphatic rings. The van der Waals surface area contributed by atoms with E-state index in [9.17, 15) is 0 Å². The van der Waals surface area contributed by atoms with Crippen molar-refractivity contribution in [1.29, 1.82) is 0 Å². The maximum absolute atomic E-state index is 6.19. The highest BCUT2D eigenvalue weighted by Gasteiger charge is 2.34. The minimum Gasteiger partial charge on any atom is -0.460 e. The summed E-state index contributed by atoms with van der Waals surface area (Å²) < 4.78 is 11.9. The summed E-state index contributed by atoms with van der Waals surface area (Å²) in [5.41, 5.74) is 7.84. The second-order valence-electron chi connectivity index (χ2n) is 7.23. The van der Waals surface area contributed by atoms with Crippen LogP contribution in [-0.4, -0.2) is 12.6 Å². The van der Waals surface area contributed by atoms with Crippen molar-refractivity contribution < 1.29 is 9.47 Å². The number of benzene rings is 2. The molecule has 128 valence electrons. The lowest BCUT2D eigenvalue weighted by Crippen LogP contribution is -2.32. The molecule has 0 aliphatic carbocycles. The molecule has 0 amide bonds. The van der Waals surface area contributed by atoms with Gasteiger partial charge in [-0.1, -0.05) is 36.9 Å². The van der Waals surface area contributed by atoms with Gasteiger partial charge in [0.2, 0.25) is 6.29 Å². The van der Waals surface area contributed by atoms with Crippen molar-refractivity contribution in [3.63, 3.8) is 0 Å². The first-order valence-corrected chi connectivity index (χ1v) is 8.55. The number of ether oxygens (including phenoxy) is 2. The normalized spacial score (nSPS) is 19.5. The summed E-state index contributed by atoms with van der Waals surface area (Å²) in [6.07, 6.45) is 3.71. The molecule has 0 aromatic heterocycles. The maximum Gasteiger partial charge on any atom is 0.227 e. The Morgan fingerprint density at radius 3 is 2.72 bits per heavy atom. The zero-order valence-electron chi connectivity index (χ0n) is 15.1. The molecule has 0 saturated carbocycles. The summed E-state index contributed by atoms with van der Waals surface area (Å²) in [5.74, 6) is 0.836. The number of anilines is 1. The fourth-order valence-corrected chi connectivity index (χ4v) is 4.05. The first kappa shape index (κ1) is 16.0. The SMILES string of the molecule is C=Cc1cccc2c1-c1ccc3c(c1C(OC)O2)C(C)=CC(C)(C)N3. The molecule has 2 aliphatic heterocycles. The summed E-state index contributed by atoms with van der Waals surface area (Å²) in [4.78, 5) is 0. The summed E-state index contributed by atoms with van der Waals surface area (Å²) in [6, 6.07) is 10.4. The van der Waals surface area contributed by atoms with E-state index in [4.69, 9.17) is 9.47 Å². The second kappa shape index (κ2) is 5.50. The monoisotopic (exact) mass is 333 g/mol. The van der Waals surface area contributed by atoms with Crippen LogP contribution in [0.4, 0.5) is 5.69 Å². The third-order valence-corrected chi connectivity index (χ3v) is 4.91. The van der Waals surface area contributed by atoms with Gasteiger partial charge >= 0.3 is 0 Å². The summed E-state index contributed by atoms with van der Waals surface area (Å²) >= 11 is 0. The zero-order chi connectivity index (χ0) is 17.8. The summed E-state index contributed by atoms with van der Waals surface area (Å²) in [6.45, 7) is 10.5. The van der Waals surface area contributed by atoms with Gasteiger partial charge in [0.25, 0.3) is 0 Å². The Morgan fingerprint density at radius 2 is 2.00 bits per heavy atom. The van der Waals surface area contributed by atoms with Gasteiger partial charge < -0.3 is 14.8 Å². The molecule has 0 saturated heterocycles. The molecule has 2 heterocycles. The van der Waals surface area contributed by atoms with Crippen LogP contribution < -0.4 is 10.1 Å². The van der Waals surface area contributed by atoms with Crippen LogP contribution in [0.2, 0.25) is 0 Å². The van der Waals surface area contributed by atoms with Crippen LogP contribution in [0.1, 0.15) is 43.8 Å². The number of nitrogens with one attached hydrogen (secondary N) is 1. The van der Waals surface area contributed by atoms with E-state index in [0.717, 1.165) is 33.7 Å². The standard InChI is InChI=1S/C22H23NO2/c1-6-14-8-7-9-17-19(14)15-10-11-16-18(20(15)21(24-5)25-17)13(2)12-22(3,4)23-16/h6-12,21,23H,1H2,2-5H3. The highest BCUT2D eigenvalue weighted by molar-refractivity contribution is 5.91. The van der Waals surface area contributed by atoms with Crippen molar-refractivity contribution in [1.82, 2.24) is 0 Å². The molecular weight excluding hydrogens is 310 g/mol. The van der Waals surface area contributed by atoms with E-state index < -0.39 is 6.29 Å². The lowest BCUT2D eigenvalue weighted by molar-refractivity contribution is -0.0579. The molecule has 0 spiro atoms. The molecule has 2 aromatic carbocycles. The Kier molecular flexibility index (Phi) is 3.51. The van der Waals surface area contributed by atoms with Crippen LogP contribution in [0.5, 0.6) is 5.75 Å². The number of hydrogen-bond acceptors (Lipinski definition) is 3. The van der Waals surface area contributed by atoms with Gasteiger partial charge in [-0.2, -0.15) is 0 Å². The van der Waals surface area contributed by atoms with Gasteiger partial charge in [-0.3, -0.25) is 0 Å². The molecule has 0 bridgehead atoms. The smallest absolute Gasteiger partial charge is 0.227 e. The quantitative estimate of drug-likeness (QED) is 0.771. The molecular formula is C22H23NO2. The lowest BCUT2D eigenvalue weighted by atomic mass is 9.83. The van der Waals surface area contributed by atoms with Crippen molar-refractivity contribution in [2.24, 2.45) is 0 Å². The largest absolute Gasteiger partial charge is 0.460 e. The van der Waals surface area contributed by atoms with Gasteiger partial charge in [0.1, 0.15) is 5.75 Å². The topological polar surface area (TPSA) is 30.5 Å². The fourth-order valence-electron chi connectivity index (χ4n) is 4.05. The zero-order valence-corrected chi connectivity index (χ0v) is 15.1. The van der Waals surface area contributed by atoms with Crippen molar-refractivity contribution in [2.75, 3.05) is 12.4 Å². The third kappa shape index (κ3) is 2.38. The van der Waals surface area contributed by atoms with Crippen molar-refractivity contribution in [2.45, 2.75) is 32.6 Å². The van der Waals surface area contributed by atoms with E-state index in [1.54, 1.807) is 7.11 Å². The predicted octanol–water partition coefficient (Wildman–Crippen LogP) is 5.64. The maximum atomic E-state index is 6.19. The van der Waals surface area contributed by atoms with Gasteiger partial charge in [-0.25, -0.2) is 0 Å². The number of allylic oxidation sites excluding steroid dienone is 1. The lowest BCUT2D eigenvalue weighted by Gasteiger charge is -2.36.